The standard InChI is InChI=1S/C16H22ClNO/c1-13(2)11-18(16(19)10-9-14(3)17)12-15-7-5-4-6-8-15/h4-10,13-14H,11-12H2,1-3H3/b10-9+. The molecule has 0 saturated heterocycles. The number of hydrogen-bond donors (Lipinski definition) is 0. The maximum absolute atomic E-state index is 12.2. The van der Waals surface area contributed by atoms with Crippen LogP contribution in [0.15, 0.2) is 42.5 Å². The van der Waals surface area contributed by atoms with Crippen LogP contribution >= 0.6 is 11.6 Å². The van der Waals surface area contributed by atoms with Gasteiger partial charge < -0.3 is 4.90 Å². The lowest BCUT2D eigenvalue weighted by molar-refractivity contribution is -0.127. The fourth-order valence-electron chi connectivity index (χ4n) is 1.80. The monoisotopic (exact) mass is 279 g/mol. The topological polar surface area (TPSA) is 20.3 Å². The molecule has 1 aromatic carbocycles. The van der Waals surface area contributed by atoms with Gasteiger partial charge in [-0.05, 0) is 18.4 Å². The summed E-state index contributed by atoms with van der Waals surface area (Å²) < 4.78 is 0. The molecule has 0 aromatic heterocycles. The molecule has 3 heteroatoms. The van der Waals surface area contributed by atoms with Crippen LogP contribution in [0.1, 0.15) is 26.3 Å². The number of rotatable bonds is 6. The van der Waals surface area contributed by atoms with Gasteiger partial charge in [0.2, 0.25) is 5.91 Å². The molecule has 0 aliphatic carbocycles. The van der Waals surface area contributed by atoms with Crippen molar-refractivity contribution in [1.29, 1.82) is 0 Å². The van der Waals surface area contributed by atoms with Crippen LogP contribution in [0.25, 0.3) is 0 Å². The van der Waals surface area contributed by atoms with E-state index in [-0.39, 0.29) is 11.3 Å². The zero-order chi connectivity index (χ0) is 14.3. The summed E-state index contributed by atoms with van der Waals surface area (Å²) in [7, 11) is 0. The smallest absolute Gasteiger partial charge is 0.246 e. The van der Waals surface area contributed by atoms with Crippen molar-refractivity contribution in [2.24, 2.45) is 5.92 Å². The molecule has 2 nitrogen and oxygen atoms in total. The molecule has 0 aliphatic heterocycles. The second-order valence-corrected chi connectivity index (χ2v) is 5.82. The van der Waals surface area contributed by atoms with Crippen LogP contribution in [0.4, 0.5) is 0 Å². The zero-order valence-corrected chi connectivity index (χ0v) is 12.6. The normalized spacial score (nSPS) is 12.9. The number of amides is 1. The minimum absolute atomic E-state index is 0.0186. The third kappa shape index (κ3) is 6.44. The summed E-state index contributed by atoms with van der Waals surface area (Å²) >= 11 is 5.83. The van der Waals surface area contributed by atoms with Gasteiger partial charge >= 0.3 is 0 Å². The molecule has 1 amide bonds. The molecular weight excluding hydrogens is 258 g/mol. The summed E-state index contributed by atoms with van der Waals surface area (Å²) in [5.41, 5.74) is 1.14. The van der Waals surface area contributed by atoms with E-state index in [1.807, 2.05) is 42.2 Å². The maximum atomic E-state index is 12.2. The molecule has 0 saturated carbocycles. The molecule has 0 heterocycles. The van der Waals surface area contributed by atoms with E-state index in [0.29, 0.717) is 12.5 Å². The minimum Gasteiger partial charge on any atom is -0.335 e. The Labute approximate surface area is 121 Å². The lowest BCUT2D eigenvalue weighted by Gasteiger charge is -2.23. The fourth-order valence-corrected chi connectivity index (χ4v) is 1.87. The lowest BCUT2D eigenvalue weighted by atomic mass is 10.1. The van der Waals surface area contributed by atoms with Gasteiger partial charge in [-0.1, -0.05) is 50.3 Å². The highest BCUT2D eigenvalue weighted by atomic mass is 35.5. The van der Waals surface area contributed by atoms with Crippen molar-refractivity contribution in [3.63, 3.8) is 0 Å². The van der Waals surface area contributed by atoms with Gasteiger partial charge in [0.15, 0.2) is 0 Å². The number of alkyl halides is 1. The maximum Gasteiger partial charge on any atom is 0.246 e. The first-order valence-electron chi connectivity index (χ1n) is 6.64. The van der Waals surface area contributed by atoms with Gasteiger partial charge in [0.05, 0.1) is 0 Å². The van der Waals surface area contributed by atoms with E-state index in [2.05, 4.69) is 13.8 Å². The van der Waals surface area contributed by atoms with Crippen molar-refractivity contribution in [3.05, 3.63) is 48.0 Å². The van der Waals surface area contributed by atoms with E-state index in [1.54, 1.807) is 12.2 Å². The Morgan fingerprint density at radius 1 is 1.26 bits per heavy atom. The van der Waals surface area contributed by atoms with E-state index < -0.39 is 0 Å². The largest absolute Gasteiger partial charge is 0.335 e. The molecule has 0 spiro atoms. The fraction of sp³-hybridized carbons (Fsp3) is 0.438. The zero-order valence-electron chi connectivity index (χ0n) is 11.8. The van der Waals surface area contributed by atoms with Gasteiger partial charge in [0.1, 0.15) is 0 Å². The van der Waals surface area contributed by atoms with Crippen molar-refractivity contribution in [2.75, 3.05) is 6.54 Å². The second-order valence-electron chi connectivity index (χ2n) is 5.13. The number of carbonyl (C=O) groups excluding carboxylic acids is 1. The highest BCUT2D eigenvalue weighted by molar-refractivity contribution is 6.21. The predicted molar refractivity (Wildman–Crippen MR) is 81.2 cm³/mol. The van der Waals surface area contributed by atoms with E-state index in [0.717, 1.165) is 12.1 Å². The van der Waals surface area contributed by atoms with Crippen LogP contribution in [0.3, 0.4) is 0 Å². The second kappa shape index (κ2) is 8.00. The van der Waals surface area contributed by atoms with Gasteiger partial charge in [-0.25, -0.2) is 0 Å². The number of carbonyl (C=O) groups is 1. The highest BCUT2D eigenvalue weighted by Gasteiger charge is 2.13. The average Bonchev–Trinajstić information content (AvgIpc) is 2.36. The van der Waals surface area contributed by atoms with E-state index in [4.69, 9.17) is 11.6 Å². The van der Waals surface area contributed by atoms with Crippen LogP contribution < -0.4 is 0 Å². The van der Waals surface area contributed by atoms with E-state index in [9.17, 15) is 4.79 Å². The number of nitrogens with zero attached hydrogens (tertiary/aromatic N) is 1. The molecule has 0 aliphatic rings. The summed E-state index contributed by atoms with van der Waals surface area (Å²) in [6.45, 7) is 7.45. The molecule has 0 bridgehead atoms. The van der Waals surface area contributed by atoms with Crippen LogP contribution in [-0.2, 0) is 11.3 Å². The molecule has 1 rings (SSSR count). The van der Waals surface area contributed by atoms with Crippen LogP contribution in [0, 0.1) is 5.92 Å². The molecule has 0 fully saturated rings. The highest BCUT2D eigenvalue weighted by Crippen LogP contribution is 2.09. The molecule has 1 unspecified atom stereocenters. The quantitative estimate of drug-likeness (QED) is 0.572. The summed E-state index contributed by atoms with van der Waals surface area (Å²) in [5.74, 6) is 0.458. The van der Waals surface area contributed by atoms with Gasteiger partial charge in [-0.15, -0.1) is 11.6 Å². The SMILES string of the molecule is CC(Cl)/C=C/C(=O)N(Cc1ccccc1)CC(C)C. The summed E-state index contributed by atoms with van der Waals surface area (Å²) in [4.78, 5) is 14.0. The van der Waals surface area contributed by atoms with Gasteiger partial charge in [-0.2, -0.15) is 0 Å². The Hall–Kier alpha value is -1.28. The first-order valence-corrected chi connectivity index (χ1v) is 7.07. The van der Waals surface area contributed by atoms with Crippen LogP contribution in [-0.4, -0.2) is 22.7 Å². The Kier molecular flexibility index (Phi) is 6.65. The molecule has 0 N–H and O–H groups in total. The molecule has 1 aromatic rings. The van der Waals surface area contributed by atoms with Crippen LogP contribution in [0.2, 0.25) is 0 Å². The van der Waals surface area contributed by atoms with E-state index in [1.165, 1.54) is 0 Å². The molecule has 104 valence electrons. The van der Waals surface area contributed by atoms with Crippen molar-refractivity contribution in [3.8, 4) is 0 Å². The average molecular weight is 280 g/mol. The van der Waals surface area contributed by atoms with E-state index >= 15 is 0 Å². The Bertz CT molecular complexity index is 412. The van der Waals surface area contributed by atoms with Crippen molar-refractivity contribution >= 4 is 17.5 Å². The number of benzene rings is 1. The van der Waals surface area contributed by atoms with Gasteiger partial charge in [-0.3, -0.25) is 4.79 Å². The first kappa shape index (κ1) is 15.8. The minimum atomic E-state index is -0.124. The number of hydrogen-bond acceptors (Lipinski definition) is 1. The molecular formula is C16H22ClNO. The third-order valence-electron chi connectivity index (χ3n) is 2.62. The summed E-state index contributed by atoms with van der Waals surface area (Å²) in [5, 5.41) is -0.124. The number of halogens is 1. The molecule has 1 atom stereocenters. The molecule has 19 heavy (non-hydrogen) atoms. The Morgan fingerprint density at radius 2 is 1.89 bits per heavy atom. The predicted octanol–water partition coefficient (Wildman–Crippen LogP) is 3.85. The van der Waals surface area contributed by atoms with Crippen LogP contribution in [0.5, 0.6) is 0 Å². The first-order chi connectivity index (χ1) is 8.99. The van der Waals surface area contributed by atoms with Gasteiger partial charge in [0, 0.05) is 24.5 Å². The van der Waals surface area contributed by atoms with Crippen molar-refractivity contribution < 1.29 is 4.79 Å². The van der Waals surface area contributed by atoms with Crippen molar-refractivity contribution in [2.45, 2.75) is 32.7 Å². The lowest BCUT2D eigenvalue weighted by Crippen LogP contribution is -2.32. The Balaban J connectivity index is 2.74. The summed E-state index contributed by atoms with van der Waals surface area (Å²) in [6, 6.07) is 10.0. The van der Waals surface area contributed by atoms with Gasteiger partial charge in [0.25, 0.3) is 0 Å². The summed E-state index contributed by atoms with van der Waals surface area (Å²) in [6.07, 6.45) is 3.30. The molecule has 0 radical (unpaired) electrons. The number of allylic oxidation sites excluding steroid dienone is 1. The Morgan fingerprint density at radius 3 is 2.42 bits per heavy atom. The third-order valence-corrected chi connectivity index (χ3v) is 2.76. The van der Waals surface area contributed by atoms with Crippen molar-refractivity contribution in [1.82, 2.24) is 4.90 Å².